The minimum absolute atomic E-state index is 0.148. The van der Waals surface area contributed by atoms with Gasteiger partial charge < -0.3 is 5.32 Å². The van der Waals surface area contributed by atoms with Crippen LogP contribution >= 0.6 is 0 Å². The largest absolute Gasteiger partial charge is 0.313 e. The summed E-state index contributed by atoms with van der Waals surface area (Å²) in [5.41, 5.74) is 2.08. The third kappa shape index (κ3) is 2.24. The highest BCUT2D eigenvalue weighted by Gasteiger charge is 2.04. The number of anilines is 1. The molecule has 0 spiro atoms. The lowest BCUT2D eigenvalue weighted by Crippen LogP contribution is -2.30. The second-order valence-electron chi connectivity index (χ2n) is 2.14. The molecule has 0 aliphatic carbocycles. The minimum atomic E-state index is -0.505. The summed E-state index contributed by atoms with van der Waals surface area (Å²) >= 11 is 0. The second kappa shape index (κ2) is 4.17. The van der Waals surface area contributed by atoms with Gasteiger partial charge in [0.1, 0.15) is 11.5 Å². The van der Waals surface area contributed by atoms with Crippen LogP contribution in [-0.4, -0.2) is 17.3 Å². The molecular weight excluding hydrogens is 172 g/mol. The van der Waals surface area contributed by atoms with Crippen molar-refractivity contribution in [2.45, 2.75) is 0 Å². The van der Waals surface area contributed by atoms with Crippen molar-refractivity contribution in [3.8, 4) is 0 Å². The number of hydrazine groups is 1. The molecule has 0 unspecified atom stereocenters. The SMILES string of the molecule is NNC(=O)c1cccc(NC=O)n1. The molecule has 0 radical (unpaired) electrons. The van der Waals surface area contributed by atoms with Gasteiger partial charge in [0.05, 0.1) is 0 Å². The second-order valence-corrected chi connectivity index (χ2v) is 2.14. The topological polar surface area (TPSA) is 97.1 Å². The lowest BCUT2D eigenvalue weighted by Gasteiger charge is -2.00. The number of nitrogens with one attached hydrogen (secondary N) is 2. The van der Waals surface area contributed by atoms with Gasteiger partial charge in [0.25, 0.3) is 5.91 Å². The molecule has 13 heavy (non-hydrogen) atoms. The fourth-order valence-electron chi connectivity index (χ4n) is 0.776. The van der Waals surface area contributed by atoms with Crippen molar-refractivity contribution in [2.75, 3.05) is 5.32 Å². The fraction of sp³-hybridized carbons (Fsp3) is 0. The predicted molar refractivity (Wildman–Crippen MR) is 45.6 cm³/mol. The molecule has 0 aliphatic heterocycles. The van der Waals surface area contributed by atoms with E-state index in [0.717, 1.165) is 0 Å². The van der Waals surface area contributed by atoms with Crippen molar-refractivity contribution in [1.29, 1.82) is 0 Å². The number of nitrogens with zero attached hydrogens (tertiary/aromatic N) is 1. The van der Waals surface area contributed by atoms with Crippen molar-refractivity contribution in [1.82, 2.24) is 10.4 Å². The Hall–Kier alpha value is -1.95. The molecule has 0 saturated heterocycles. The molecule has 0 bridgehead atoms. The molecule has 1 aromatic heterocycles. The average molecular weight is 180 g/mol. The van der Waals surface area contributed by atoms with Crippen LogP contribution in [0.25, 0.3) is 0 Å². The molecular formula is C7H8N4O2. The number of amides is 2. The van der Waals surface area contributed by atoms with Gasteiger partial charge in [-0.15, -0.1) is 0 Å². The minimum Gasteiger partial charge on any atom is -0.313 e. The number of carbonyl (C=O) groups is 2. The monoisotopic (exact) mass is 180 g/mol. The molecule has 1 rings (SSSR count). The van der Waals surface area contributed by atoms with Gasteiger partial charge in [0, 0.05) is 0 Å². The van der Waals surface area contributed by atoms with Crippen LogP contribution in [0.3, 0.4) is 0 Å². The number of aromatic nitrogens is 1. The van der Waals surface area contributed by atoms with Crippen LogP contribution in [-0.2, 0) is 4.79 Å². The highest BCUT2D eigenvalue weighted by molar-refractivity contribution is 5.92. The number of hydrogen-bond donors (Lipinski definition) is 3. The Morgan fingerprint density at radius 2 is 2.31 bits per heavy atom. The molecule has 1 aromatic rings. The number of nitrogen functional groups attached to an aromatic ring is 1. The van der Waals surface area contributed by atoms with Gasteiger partial charge in [0.15, 0.2) is 0 Å². The van der Waals surface area contributed by atoms with E-state index in [1.807, 2.05) is 5.43 Å². The molecule has 0 aromatic carbocycles. The van der Waals surface area contributed by atoms with Crippen LogP contribution in [0.4, 0.5) is 5.82 Å². The van der Waals surface area contributed by atoms with Crippen LogP contribution in [0.2, 0.25) is 0 Å². The van der Waals surface area contributed by atoms with E-state index in [9.17, 15) is 9.59 Å². The Kier molecular flexibility index (Phi) is 2.93. The molecule has 0 fully saturated rings. The Balaban J connectivity index is 2.90. The van der Waals surface area contributed by atoms with Crippen LogP contribution in [0.15, 0.2) is 18.2 Å². The average Bonchev–Trinajstić information content (AvgIpc) is 2.18. The van der Waals surface area contributed by atoms with Gasteiger partial charge in [0.2, 0.25) is 6.41 Å². The highest BCUT2D eigenvalue weighted by atomic mass is 16.2. The molecule has 2 amide bonds. The molecule has 68 valence electrons. The van der Waals surface area contributed by atoms with E-state index >= 15 is 0 Å². The maximum absolute atomic E-state index is 11.0. The van der Waals surface area contributed by atoms with Gasteiger partial charge in [-0.3, -0.25) is 15.0 Å². The highest BCUT2D eigenvalue weighted by Crippen LogP contribution is 2.02. The van der Waals surface area contributed by atoms with Crippen molar-refractivity contribution >= 4 is 18.1 Å². The Morgan fingerprint density at radius 3 is 2.92 bits per heavy atom. The van der Waals surface area contributed by atoms with E-state index in [-0.39, 0.29) is 5.69 Å². The summed E-state index contributed by atoms with van der Waals surface area (Å²) < 4.78 is 0. The zero-order valence-corrected chi connectivity index (χ0v) is 6.65. The summed E-state index contributed by atoms with van der Waals surface area (Å²) in [5, 5.41) is 2.31. The molecule has 0 atom stereocenters. The summed E-state index contributed by atoms with van der Waals surface area (Å²) in [6.07, 6.45) is 0.479. The number of nitrogens with two attached hydrogens (primary N) is 1. The molecule has 0 aliphatic rings. The fourth-order valence-corrected chi connectivity index (χ4v) is 0.776. The molecule has 0 saturated carbocycles. The smallest absolute Gasteiger partial charge is 0.283 e. The van der Waals surface area contributed by atoms with Crippen LogP contribution in [0.5, 0.6) is 0 Å². The first-order chi connectivity index (χ1) is 6.27. The van der Waals surface area contributed by atoms with Crippen molar-refractivity contribution in [3.05, 3.63) is 23.9 Å². The quantitative estimate of drug-likeness (QED) is 0.247. The van der Waals surface area contributed by atoms with Crippen LogP contribution in [0.1, 0.15) is 10.5 Å². The van der Waals surface area contributed by atoms with Crippen molar-refractivity contribution in [3.63, 3.8) is 0 Å². The first kappa shape index (κ1) is 9.14. The first-order valence-corrected chi connectivity index (χ1v) is 3.46. The summed E-state index contributed by atoms with van der Waals surface area (Å²) in [7, 11) is 0. The zero-order chi connectivity index (χ0) is 9.68. The number of rotatable bonds is 3. The van der Waals surface area contributed by atoms with Crippen LogP contribution in [0, 0.1) is 0 Å². The van der Waals surface area contributed by atoms with E-state index < -0.39 is 5.91 Å². The standard InChI is InChI=1S/C7H8N4O2/c8-11-7(13)5-2-1-3-6(10-5)9-4-12/h1-4H,8H2,(H,11,13)(H,9,10,12). The maximum atomic E-state index is 11.0. The molecule has 4 N–H and O–H groups in total. The third-order valence-corrected chi connectivity index (χ3v) is 1.32. The van der Waals surface area contributed by atoms with Gasteiger partial charge in [-0.1, -0.05) is 6.07 Å². The number of hydrogen-bond acceptors (Lipinski definition) is 4. The van der Waals surface area contributed by atoms with Crippen LogP contribution < -0.4 is 16.6 Å². The van der Waals surface area contributed by atoms with Gasteiger partial charge in [-0.2, -0.15) is 0 Å². The summed E-state index contributed by atoms with van der Waals surface area (Å²) in [4.78, 5) is 24.8. The number of carbonyl (C=O) groups excluding carboxylic acids is 2. The van der Waals surface area contributed by atoms with Gasteiger partial charge >= 0.3 is 0 Å². The molecule has 6 nitrogen and oxygen atoms in total. The summed E-state index contributed by atoms with van der Waals surface area (Å²) in [5.74, 6) is 4.70. The van der Waals surface area contributed by atoms with E-state index in [0.29, 0.717) is 12.2 Å². The van der Waals surface area contributed by atoms with Gasteiger partial charge in [-0.05, 0) is 12.1 Å². The predicted octanol–water partition coefficient (Wildman–Crippen LogP) is -0.747. The van der Waals surface area contributed by atoms with E-state index in [2.05, 4.69) is 10.3 Å². The van der Waals surface area contributed by atoms with E-state index in [1.165, 1.54) is 6.07 Å². The Bertz CT molecular complexity index is 326. The van der Waals surface area contributed by atoms with E-state index in [4.69, 9.17) is 5.84 Å². The molecule has 1 heterocycles. The van der Waals surface area contributed by atoms with Crippen molar-refractivity contribution in [2.24, 2.45) is 5.84 Å². The van der Waals surface area contributed by atoms with E-state index in [1.54, 1.807) is 12.1 Å². The summed E-state index contributed by atoms with van der Waals surface area (Å²) in [6.45, 7) is 0. The third-order valence-electron chi connectivity index (χ3n) is 1.32. The van der Waals surface area contributed by atoms with Crippen molar-refractivity contribution < 1.29 is 9.59 Å². The molecule has 6 heteroatoms. The first-order valence-electron chi connectivity index (χ1n) is 3.46. The lowest BCUT2D eigenvalue weighted by atomic mass is 10.3. The summed E-state index contributed by atoms with van der Waals surface area (Å²) in [6, 6.07) is 4.63. The Morgan fingerprint density at radius 1 is 1.54 bits per heavy atom. The zero-order valence-electron chi connectivity index (χ0n) is 6.65. The normalized spacial score (nSPS) is 9.00. The maximum Gasteiger partial charge on any atom is 0.283 e. The number of pyridine rings is 1. The lowest BCUT2D eigenvalue weighted by molar-refractivity contribution is -0.105. The Labute approximate surface area is 74.1 Å². The van der Waals surface area contributed by atoms with Gasteiger partial charge in [-0.25, -0.2) is 10.8 Å².